The number of phenolic OH excluding ortho intramolecular Hbond substituents is 1. The number of nitrogens with one attached hydrogen (secondary N) is 2. The molecule has 7 nitrogen and oxygen atoms in total. The molecule has 1 aromatic carbocycles. The molecule has 0 bridgehead atoms. The van der Waals surface area contributed by atoms with Crippen LogP contribution >= 0.6 is 0 Å². The molecule has 0 aliphatic rings. The molecule has 0 radical (unpaired) electrons. The Kier molecular flexibility index (Phi) is 3.43. The van der Waals surface area contributed by atoms with Gasteiger partial charge < -0.3 is 15.5 Å². The minimum atomic E-state index is -1.24. The Morgan fingerprint density at radius 2 is 2.00 bits per heavy atom. The van der Waals surface area contributed by atoms with E-state index in [1.807, 2.05) is 0 Å². The Labute approximate surface area is 114 Å². The number of H-pyrrole nitrogens is 1. The van der Waals surface area contributed by atoms with Crippen molar-refractivity contribution in [2.24, 2.45) is 0 Å². The Morgan fingerprint density at radius 3 is 2.55 bits per heavy atom. The molecule has 0 aliphatic carbocycles. The van der Waals surface area contributed by atoms with Gasteiger partial charge in [-0.25, -0.2) is 4.79 Å². The van der Waals surface area contributed by atoms with Crippen molar-refractivity contribution in [1.82, 2.24) is 10.2 Å². The highest BCUT2D eigenvalue weighted by atomic mass is 16.4. The zero-order valence-electron chi connectivity index (χ0n) is 10.9. The first-order valence-corrected chi connectivity index (χ1v) is 5.79. The second-order valence-corrected chi connectivity index (χ2v) is 4.30. The maximum atomic E-state index is 12.2. The van der Waals surface area contributed by atoms with Crippen LogP contribution in [0.25, 0.3) is 0 Å². The van der Waals surface area contributed by atoms with Gasteiger partial charge in [0.1, 0.15) is 5.75 Å². The topological polar surface area (TPSA) is 115 Å². The van der Waals surface area contributed by atoms with Crippen LogP contribution in [-0.4, -0.2) is 32.3 Å². The van der Waals surface area contributed by atoms with Crippen LogP contribution in [0.1, 0.15) is 32.1 Å². The summed E-state index contributed by atoms with van der Waals surface area (Å²) in [5.41, 5.74) is 1.41. The summed E-state index contributed by atoms with van der Waals surface area (Å²) >= 11 is 0. The average molecular weight is 275 g/mol. The molecule has 1 amide bonds. The quantitative estimate of drug-likeness (QED) is 0.636. The number of anilines is 1. The molecule has 0 saturated heterocycles. The number of nitrogens with zero attached hydrogens (tertiary/aromatic N) is 1. The highest BCUT2D eigenvalue weighted by Gasteiger charge is 2.18. The molecule has 4 N–H and O–H groups in total. The lowest BCUT2D eigenvalue weighted by molar-refractivity contribution is 0.0697. The van der Waals surface area contributed by atoms with Crippen LogP contribution in [0, 0.1) is 13.8 Å². The maximum Gasteiger partial charge on any atom is 0.337 e. The van der Waals surface area contributed by atoms with Crippen LogP contribution in [0.4, 0.5) is 5.69 Å². The van der Waals surface area contributed by atoms with E-state index in [4.69, 9.17) is 5.11 Å². The Morgan fingerprint density at radius 1 is 1.30 bits per heavy atom. The fourth-order valence-corrected chi connectivity index (χ4v) is 1.89. The van der Waals surface area contributed by atoms with Gasteiger partial charge >= 0.3 is 5.97 Å². The summed E-state index contributed by atoms with van der Waals surface area (Å²) in [6, 6.07) is 3.71. The van der Waals surface area contributed by atoms with E-state index in [1.54, 1.807) is 13.8 Å². The Bertz CT molecular complexity index is 671. The van der Waals surface area contributed by atoms with E-state index >= 15 is 0 Å². The Hall–Kier alpha value is -2.83. The largest absolute Gasteiger partial charge is 0.508 e. The number of aromatic carboxylic acids is 1. The van der Waals surface area contributed by atoms with Gasteiger partial charge in [-0.3, -0.25) is 9.89 Å². The van der Waals surface area contributed by atoms with Crippen LogP contribution in [0.15, 0.2) is 18.2 Å². The molecule has 1 heterocycles. The number of aromatic nitrogens is 2. The van der Waals surface area contributed by atoms with E-state index in [2.05, 4.69) is 15.5 Å². The third-order valence-corrected chi connectivity index (χ3v) is 2.84. The van der Waals surface area contributed by atoms with Gasteiger partial charge in [-0.15, -0.1) is 0 Å². The fraction of sp³-hybridized carbons (Fsp3) is 0.154. The van der Waals surface area contributed by atoms with Gasteiger partial charge in [-0.05, 0) is 32.0 Å². The number of amides is 1. The van der Waals surface area contributed by atoms with Crippen LogP contribution < -0.4 is 5.32 Å². The molecule has 2 rings (SSSR count). The number of carboxylic acids is 1. The van der Waals surface area contributed by atoms with Crippen molar-refractivity contribution < 1.29 is 19.8 Å². The molecule has 7 heteroatoms. The molecule has 0 saturated carbocycles. The summed E-state index contributed by atoms with van der Waals surface area (Å²) in [4.78, 5) is 23.2. The molecule has 0 unspecified atom stereocenters. The van der Waals surface area contributed by atoms with E-state index in [9.17, 15) is 14.7 Å². The van der Waals surface area contributed by atoms with E-state index in [0.29, 0.717) is 17.0 Å². The first kappa shape index (κ1) is 13.6. The monoisotopic (exact) mass is 275 g/mol. The minimum absolute atomic E-state index is 0.111. The van der Waals surface area contributed by atoms with Gasteiger partial charge in [-0.2, -0.15) is 5.10 Å². The van der Waals surface area contributed by atoms with Crippen molar-refractivity contribution in [2.75, 3.05) is 5.32 Å². The molecule has 0 aliphatic heterocycles. The van der Waals surface area contributed by atoms with Crippen molar-refractivity contribution in [2.45, 2.75) is 13.8 Å². The highest BCUT2D eigenvalue weighted by molar-refractivity contribution is 6.08. The summed E-state index contributed by atoms with van der Waals surface area (Å²) in [6.07, 6.45) is 0. The highest BCUT2D eigenvalue weighted by Crippen LogP contribution is 2.22. The lowest BCUT2D eigenvalue weighted by Crippen LogP contribution is -2.16. The normalized spacial score (nSPS) is 10.3. The fourth-order valence-electron chi connectivity index (χ4n) is 1.89. The number of carbonyl (C=O) groups is 2. The average Bonchev–Trinajstić information content (AvgIpc) is 2.71. The van der Waals surface area contributed by atoms with Gasteiger partial charge in [0, 0.05) is 5.69 Å². The SMILES string of the molecule is Cc1n[nH]c(C)c1C(=O)Nc1ccc(O)cc1C(=O)O. The van der Waals surface area contributed by atoms with Gasteiger partial charge in [-0.1, -0.05) is 0 Å². The molecule has 1 aromatic heterocycles. The smallest absolute Gasteiger partial charge is 0.337 e. The Balaban J connectivity index is 2.36. The van der Waals surface area contributed by atoms with Crippen LogP contribution in [0.2, 0.25) is 0 Å². The molecular weight excluding hydrogens is 262 g/mol. The standard InChI is InChI=1S/C13H13N3O4/c1-6-11(7(2)16-15-6)12(18)14-10-4-3-8(17)5-9(10)13(19)20/h3-5,17H,1-2H3,(H,14,18)(H,15,16)(H,19,20). The number of rotatable bonds is 3. The predicted octanol–water partition coefficient (Wildman–Crippen LogP) is 1.68. The third-order valence-electron chi connectivity index (χ3n) is 2.84. The molecule has 0 spiro atoms. The third kappa shape index (κ3) is 2.46. The molecule has 20 heavy (non-hydrogen) atoms. The number of aryl methyl sites for hydroxylation is 2. The van der Waals surface area contributed by atoms with E-state index in [1.165, 1.54) is 12.1 Å². The van der Waals surface area contributed by atoms with Gasteiger partial charge in [0.25, 0.3) is 5.91 Å². The van der Waals surface area contributed by atoms with Crippen LogP contribution in [-0.2, 0) is 0 Å². The second-order valence-electron chi connectivity index (χ2n) is 4.30. The zero-order chi connectivity index (χ0) is 14.9. The first-order valence-electron chi connectivity index (χ1n) is 5.79. The first-order chi connectivity index (χ1) is 9.40. The van der Waals surface area contributed by atoms with E-state index in [-0.39, 0.29) is 17.0 Å². The molecule has 2 aromatic rings. The second kappa shape index (κ2) is 5.04. The molecule has 0 atom stereocenters. The summed E-state index contributed by atoms with van der Waals surface area (Å²) in [7, 11) is 0. The number of benzene rings is 1. The van der Waals surface area contributed by atoms with Gasteiger partial charge in [0.2, 0.25) is 0 Å². The molecule has 0 fully saturated rings. The lowest BCUT2D eigenvalue weighted by atomic mass is 10.1. The summed E-state index contributed by atoms with van der Waals surface area (Å²) in [5.74, 6) is -1.88. The maximum absolute atomic E-state index is 12.2. The van der Waals surface area contributed by atoms with Crippen molar-refractivity contribution in [1.29, 1.82) is 0 Å². The summed E-state index contributed by atoms with van der Waals surface area (Å²) < 4.78 is 0. The van der Waals surface area contributed by atoms with Crippen molar-refractivity contribution in [3.05, 3.63) is 40.7 Å². The summed E-state index contributed by atoms with van der Waals surface area (Å²) in [6.45, 7) is 3.37. The number of aromatic amines is 1. The number of phenols is 1. The van der Waals surface area contributed by atoms with Gasteiger partial charge in [0.05, 0.1) is 22.5 Å². The van der Waals surface area contributed by atoms with Crippen LogP contribution in [0.3, 0.4) is 0 Å². The van der Waals surface area contributed by atoms with Gasteiger partial charge in [0.15, 0.2) is 0 Å². The van der Waals surface area contributed by atoms with E-state index in [0.717, 1.165) is 6.07 Å². The number of aromatic hydroxyl groups is 1. The minimum Gasteiger partial charge on any atom is -0.508 e. The number of carboxylic acid groups (broad SMARTS) is 1. The predicted molar refractivity (Wildman–Crippen MR) is 71.1 cm³/mol. The van der Waals surface area contributed by atoms with Crippen molar-refractivity contribution >= 4 is 17.6 Å². The molecule has 104 valence electrons. The zero-order valence-corrected chi connectivity index (χ0v) is 10.9. The number of hydrogen-bond acceptors (Lipinski definition) is 4. The number of carbonyl (C=O) groups excluding carboxylic acids is 1. The van der Waals surface area contributed by atoms with Crippen LogP contribution in [0.5, 0.6) is 5.75 Å². The van der Waals surface area contributed by atoms with Crippen molar-refractivity contribution in [3.8, 4) is 5.75 Å². The van der Waals surface area contributed by atoms with E-state index < -0.39 is 11.9 Å². The van der Waals surface area contributed by atoms with Crippen molar-refractivity contribution in [3.63, 3.8) is 0 Å². The molecular formula is C13H13N3O4. The number of hydrogen-bond donors (Lipinski definition) is 4. The summed E-state index contributed by atoms with van der Waals surface area (Å²) in [5, 5.41) is 27.5. The lowest BCUT2D eigenvalue weighted by Gasteiger charge is -2.09.